The van der Waals surface area contributed by atoms with Crippen molar-refractivity contribution in [2.24, 2.45) is 5.73 Å². The lowest BCUT2D eigenvalue weighted by molar-refractivity contribution is -0.156. The average molecular weight is 245 g/mol. The van der Waals surface area contributed by atoms with E-state index >= 15 is 0 Å². The molecule has 0 bridgehead atoms. The van der Waals surface area contributed by atoms with E-state index in [0.717, 1.165) is 11.1 Å². The monoisotopic (exact) mass is 245 g/mol. The zero-order chi connectivity index (χ0) is 13.8. The Labute approximate surface area is 108 Å². The number of nitrogens with two attached hydrogens (primary N) is 1. The minimum absolute atomic E-state index is 0.386. The van der Waals surface area contributed by atoms with Gasteiger partial charge in [0.25, 0.3) is 0 Å². The standard InChI is InChI=1S/C15H19NO2/c1-5-11-6-8-12(9-7-11)10-13(16)14(17)18-15(2,3)4/h1,6-9,13H,10,16H2,2-4H3/t13-/m0/s1. The molecule has 1 aromatic carbocycles. The first kappa shape index (κ1) is 14.3. The Morgan fingerprint density at radius 2 is 1.94 bits per heavy atom. The number of hydrogen-bond acceptors (Lipinski definition) is 3. The van der Waals surface area contributed by atoms with E-state index in [1.165, 1.54) is 0 Å². The van der Waals surface area contributed by atoms with Gasteiger partial charge in [-0.1, -0.05) is 18.1 Å². The number of terminal acetylenes is 1. The Kier molecular flexibility index (Phi) is 4.52. The first-order valence-electron chi connectivity index (χ1n) is 5.86. The number of carbonyl (C=O) groups excluding carboxylic acids is 1. The molecule has 96 valence electrons. The third kappa shape index (κ3) is 4.60. The molecule has 0 aromatic heterocycles. The summed E-state index contributed by atoms with van der Waals surface area (Å²) in [6.45, 7) is 5.46. The Balaban J connectivity index is 2.61. The maximum Gasteiger partial charge on any atom is 0.323 e. The van der Waals surface area contributed by atoms with Crippen LogP contribution in [0.4, 0.5) is 0 Å². The van der Waals surface area contributed by atoms with Gasteiger partial charge in [-0.15, -0.1) is 6.42 Å². The lowest BCUT2D eigenvalue weighted by atomic mass is 10.0. The molecule has 3 nitrogen and oxygen atoms in total. The molecule has 1 aromatic rings. The molecule has 0 aliphatic heterocycles. The third-order valence-corrected chi connectivity index (χ3v) is 2.29. The second-order valence-electron chi connectivity index (χ2n) is 5.19. The fourth-order valence-electron chi connectivity index (χ4n) is 1.45. The summed E-state index contributed by atoms with van der Waals surface area (Å²) >= 11 is 0. The highest BCUT2D eigenvalue weighted by molar-refractivity contribution is 5.76. The lowest BCUT2D eigenvalue weighted by Gasteiger charge is -2.22. The normalized spacial score (nSPS) is 12.6. The first-order valence-corrected chi connectivity index (χ1v) is 5.86. The van der Waals surface area contributed by atoms with Crippen molar-refractivity contribution in [1.82, 2.24) is 0 Å². The maximum absolute atomic E-state index is 11.7. The Bertz CT molecular complexity index is 449. The van der Waals surface area contributed by atoms with Gasteiger partial charge in [-0.2, -0.15) is 0 Å². The molecule has 0 saturated heterocycles. The molecule has 0 unspecified atom stereocenters. The highest BCUT2D eigenvalue weighted by atomic mass is 16.6. The number of carbonyl (C=O) groups is 1. The summed E-state index contributed by atoms with van der Waals surface area (Å²) in [6.07, 6.45) is 5.71. The van der Waals surface area contributed by atoms with Crippen LogP contribution in [0.25, 0.3) is 0 Å². The highest BCUT2D eigenvalue weighted by Gasteiger charge is 2.22. The van der Waals surface area contributed by atoms with Gasteiger partial charge >= 0.3 is 5.97 Å². The minimum Gasteiger partial charge on any atom is -0.459 e. The fraction of sp³-hybridized carbons (Fsp3) is 0.400. The van der Waals surface area contributed by atoms with E-state index in [4.69, 9.17) is 16.9 Å². The van der Waals surface area contributed by atoms with Crippen LogP contribution in [-0.4, -0.2) is 17.6 Å². The summed E-state index contributed by atoms with van der Waals surface area (Å²) in [7, 11) is 0. The van der Waals surface area contributed by atoms with Crippen LogP contribution < -0.4 is 5.73 Å². The number of esters is 1. The molecule has 0 aliphatic carbocycles. The zero-order valence-electron chi connectivity index (χ0n) is 11.1. The molecule has 0 fully saturated rings. The quantitative estimate of drug-likeness (QED) is 0.653. The van der Waals surface area contributed by atoms with Crippen molar-refractivity contribution in [2.45, 2.75) is 38.8 Å². The van der Waals surface area contributed by atoms with Crippen molar-refractivity contribution < 1.29 is 9.53 Å². The molecular formula is C15H19NO2. The van der Waals surface area contributed by atoms with Crippen molar-refractivity contribution in [3.05, 3.63) is 35.4 Å². The second-order valence-corrected chi connectivity index (χ2v) is 5.19. The number of rotatable bonds is 3. The molecule has 0 spiro atoms. The van der Waals surface area contributed by atoms with Crippen LogP contribution in [0.3, 0.4) is 0 Å². The lowest BCUT2D eigenvalue weighted by Crippen LogP contribution is -2.38. The highest BCUT2D eigenvalue weighted by Crippen LogP contribution is 2.11. The van der Waals surface area contributed by atoms with Gasteiger partial charge < -0.3 is 10.5 Å². The summed E-state index contributed by atoms with van der Waals surface area (Å²) in [5.41, 5.74) is 7.08. The molecule has 3 heteroatoms. The molecule has 0 amide bonds. The van der Waals surface area contributed by atoms with Crippen LogP contribution in [0, 0.1) is 12.3 Å². The predicted octanol–water partition coefficient (Wildman–Crippen LogP) is 1.88. The van der Waals surface area contributed by atoms with Crippen molar-refractivity contribution in [3.8, 4) is 12.3 Å². The van der Waals surface area contributed by atoms with Gasteiger partial charge in [0, 0.05) is 5.56 Å². The topological polar surface area (TPSA) is 52.3 Å². The molecule has 1 atom stereocenters. The SMILES string of the molecule is C#Cc1ccc(C[C@H](N)C(=O)OC(C)(C)C)cc1. The summed E-state index contributed by atoms with van der Waals surface area (Å²) in [5, 5.41) is 0. The third-order valence-electron chi connectivity index (χ3n) is 2.29. The Hall–Kier alpha value is -1.79. The average Bonchev–Trinajstić information content (AvgIpc) is 2.27. The van der Waals surface area contributed by atoms with Gasteiger partial charge in [-0.05, 0) is 44.9 Å². The van der Waals surface area contributed by atoms with E-state index in [9.17, 15) is 4.79 Å². The van der Waals surface area contributed by atoms with E-state index in [1.807, 2.05) is 45.0 Å². The molecular weight excluding hydrogens is 226 g/mol. The maximum atomic E-state index is 11.7. The first-order chi connectivity index (χ1) is 8.31. The second kappa shape index (κ2) is 5.70. The molecule has 1 rings (SSSR count). The van der Waals surface area contributed by atoms with Gasteiger partial charge in [-0.25, -0.2) is 0 Å². The van der Waals surface area contributed by atoms with Crippen LogP contribution in [-0.2, 0) is 16.0 Å². The van der Waals surface area contributed by atoms with Crippen LogP contribution in [0.5, 0.6) is 0 Å². The minimum atomic E-state index is -0.652. The zero-order valence-corrected chi connectivity index (χ0v) is 11.1. The molecule has 0 saturated carbocycles. The molecule has 18 heavy (non-hydrogen) atoms. The Morgan fingerprint density at radius 1 is 1.39 bits per heavy atom. The van der Waals surface area contributed by atoms with E-state index in [2.05, 4.69) is 5.92 Å². The van der Waals surface area contributed by atoms with E-state index in [0.29, 0.717) is 6.42 Å². The van der Waals surface area contributed by atoms with E-state index in [-0.39, 0.29) is 5.97 Å². The van der Waals surface area contributed by atoms with Gasteiger partial charge in [0.2, 0.25) is 0 Å². The van der Waals surface area contributed by atoms with Crippen molar-refractivity contribution in [1.29, 1.82) is 0 Å². The van der Waals surface area contributed by atoms with Crippen LogP contribution in [0.15, 0.2) is 24.3 Å². The largest absolute Gasteiger partial charge is 0.459 e. The van der Waals surface area contributed by atoms with Crippen molar-refractivity contribution in [2.75, 3.05) is 0 Å². The van der Waals surface area contributed by atoms with Crippen LogP contribution in [0.1, 0.15) is 31.9 Å². The van der Waals surface area contributed by atoms with Crippen molar-refractivity contribution >= 4 is 5.97 Å². The molecule has 2 N–H and O–H groups in total. The Morgan fingerprint density at radius 3 is 2.39 bits per heavy atom. The number of hydrogen-bond donors (Lipinski definition) is 1. The molecule has 0 heterocycles. The number of benzene rings is 1. The van der Waals surface area contributed by atoms with Gasteiger partial charge in [0.1, 0.15) is 11.6 Å². The summed E-state index contributed by atoms with van der Waals surface area (Å²) < 4.78 is 5.22. The smallest absolute Gasteiger partial charge is 0.323 e. The van der Waals surface area contributed by atoms with Crippen LogP contribution in [0.2, 0.25) is 0 Å². The fourth-order valence-corrected chi connectivity index (χ4v) is 1.45. The summed E-state index contributed by atoms with van der Waals surface area (Å²) in [4.78, 5) is 11.7. The molecule has 0 radical (unpaired) electrons. The van der Waals surface area contributed by atoms with E-state index < -0.39 is 11.6 Å². The number of ether oxygens (including phenoxy) is 1. The van der Waals surface area contributed by atoms with Crippen molar-refractivity contribution in [3.63, 3.8) is 0 Å². The van der Waals surface area contributed by atoms with Gasteiger partial charge in [0.05, 0.1) is 0 Å². The summed E-state index contributed by atoms with van der Waals surface area (Å²) in [6, 6.07) is 6.76. The molecule has 0 aliphatic rings. The van der Waals surface area contributed by atoms with Crippen LogP contribution >= 0.6 is 0 Å². The summed E-state index contributed by atoms with van der Waals surface area (Å²) in [5.74, 6) is 2.15. The van der Waals surface area contributed by atoms with Gasteiger partial charge in [-0.3, -0.25) is 4.79 Å². The van der Waals surface area contributed by atoms with E-state index in [1.54, 1.807) is 0 Å². The van der Waals surface area contributed by atoms with Gasteiger partial charge in [0.15, 0.2) is 0 Å². The predicted molar refractivity (Wildman–Crippen MR) is 71.9 cm³/mol.